The van der Waals surface area contributed by atoms with Crippen molar-refractivity contribution in [1.82, 2.24) is 0 Å². The Bertz CT molecular complexity index is 766. The van der Waals surface area contributed by atoms with Gasteiger partial charge in [-0.1, -0.05) is 23.7 Å². The van der Waals surface area contributed by atoms with Crippen LogP contribution in [0.2, 0.25) is 5.02 Å². The van der Waals surface area contributed by atoms with Gasteiger partial charge in [-0.15, -0.1) is 11.8 Å². The molecule has 0 aliphatic carbocycles. The van der Waals surface area contributed by atoms with Crippen molar-refractivity contribution in [2.24, 2.45) is 0 Å². The third-order valence-electron chi connectivity index (χ3n) is 3.62. The van der Waals surface area contributed by atoms with Gasteiger partial charge in [0.1, 0.15) is 6.04 Å². The van der Waals surface area contributed by atoms with Crippen molar-refractivity contribution in [3.05, 3.63) is 53.6 Å². The molecule has 118 valence electrons. The topological polar surface area (TPSA) is 49.4 Å². The predicted molar refractivity (Wildman–Crippen MR) is 94.2 cm³/mol. The van der Waals surface area contributed by atoms with E-state index in [1.807, 2.05) is 30.5 Å². The molecule has 4 nitrogen and oxygen atoms in total. The van der Waals surface area contributed by atoms with Gasteiger partial charge in [-0.2, -0.15) is 0 Å². The number of hydrogen-bond donors (Lipinski definition) is 1. The number of halogens is 1. The van der Waals surface area contributed by atoms with E-state index in [1.165, 1.54) is 4.90 Å². The molecule has 0 spiro atoms. The van der Waals surface area contributed by atoms with Crippen molar-refractivity contribution in [3.8, 4) is 0 Å². The first-order chi connectivity index (χ1) is 11.1. The van der Waals surface area contributed by atoms with Gasteiger partial charge in [0.15, 0.2) is 0 Å². The zero-order valence-electron chi connectivity index (χ0n) is 12.5. The highest BCUT2D eigenvalue weighted by molar-refractivity contribution is 7.98. The molecule has 2 amide bonds. The zero-order valence-corrected chi connectivity index (χ0v) is 14.0. The molecular weight excluding hydrogens is 332 g/mol. The van der Waals surface area contributed by atoms with E-state index >= 15 is 0 Å². The average Bonchev–Trinajstić information content (AvgIpc) is 2.81. The fourth-order valence-electron chi connectivity index (χ4n) is 2.55. The van der Waals surface area contributed by atoms with Gasteiger partial charge in [-0.25, -0.2) is 4.90 Å². The highest BCUT2D eigenvalue weighted by Crippen LogP contribution is 2.27. The molecule has 0 radical (unpaired) electrons. The molecule has 0 bridgehead atoms. The van der Waals surface area contributed by atoms with E-state index in [-0.39, 0.29) is 18.2 Å². The Hall–Kier alpha value is -1.98. The Morgan fingerprint density at radius 3 is 2.70 bits per heavy atom. The number of amides is 2. The first kappa shape index (κ1) is 15.9. The number of carbonyl (C=O) groups is 2. The molecule has 1 N–H and O–H groups in total. The minimum atomic E-state index is -0.557. The Morgan fingerprint density at radius 1 is 1.17 bits per heavy atom. The summed E-state index contributed by atoms with van der Waals surface area (Å²) < 4.78 is 0. The number of imide groups is 1. The third kappa shape index (κ3) is 3.35. The Kier molecular flexibility index (Phi) is 4.59. The predicted octanol–water partition coefficient (Wildman–Crippen LogP) is 3.81. The zero-order chi connectivity index (χ0) is 16.4. The molecule has 1 aliphatic rings. The summed E-state index contributed by atoms with van der Waals surface area (Å²) in [6.07, 6.45) is 2.12. The molecule has 1 fully saturated rings. The highest BCUT2D eigenvalue weighted by Gasteiger charge is 2.39. The van der Waals surface area contributed by atoms with E-state index in [1.54, 1.807) is 36.0 Å². The standard InChI is InChI=1S/C17H15ClN2O2S/c1-23-14-7-3-5-12(9-14)19-15-10-16(21)20(17(15)22)13-6-2-4-11(18)8-13/h2-9,15,19H,10H2,1H3/t15-/m0/s1. The molecule has 3 rings (SSSR count). The quantitative estimate of drug-likeness (QED) is 0.675. The second-order valence-corrected chi connectivity index (χ2v) is 6.50. The summed E-state index contributed by atoms with van der Waals surface area (Å²) in [4.78, 5) is 27.1. The van der Waals surface area contributed by atoms with Crippen molar-refractivity contribution in [3.63, 3.8) is 0 Å². The monoisotopic (exact) mass is 346 g/mol. The number of benzene rings is 2. The van der Waals surface area contributed by atoms with Crippen LogP contribution in [0.5, 0.6) is 0 Å². The maximum Gasteiger partial charge on any atom is 0.256 e. The number of anilines is 2. The average molecular weight is 347 g/mol. The van der Waals surface area contributed by atoms with Crippen LogP contribution in [0.25, 0.3) is 0 Å². The summed E-state index contributed by atoms with van der Waals surface area (Å²) in [5.41, 5.74) is 1.34. The number of nitrogens with one attached hydrogen (secondary N) is 1. The van der Waals surface area contributed by atoms with Gasteiger partial charge in [0.25, 0.3) is 5.91 Å². The molecule has 1 aliphatic heterocycles. The largest absolute Gasteiger partial charge is 0.373 e. The van der Waals surface area contributed by atoms with Crippen LogP contribution in [0.15, 0.2) is 53.4 Å². The summed E-state index contributed by atoms with van der Waals surface area (Å²) >= 11 is 7.58. The van der Waals surface area contributed by atoms with Crippen LogP contribution in [0.4, 0.5) is 11.4 Å². The van der Waals surface area contributed by atoms with Crippen LogP contribution in [0.1, 0.15) is 6.42 Å². The Labute approximate surface area is 143 Å². The lowest BCUT2D eigenvalue weighted by Crippen LogP contribution is -2.34. The van der Waals surface area contributed by atoms with Crippen molar-refractivity contribution in [2.75, 3.05) is 16.5 Å². The molecule has 2 aromatic rings. The normalized spacial score (nSPS) is 17.7. The van der Waals surface area contributed by atoms with Crippen molar-refractivity contribution in [1.29, 1.82) is 0 Å². The lowest BCUT2D eigenvalue weighted by molar-refractivity contribution is -0.121. The maximum absolute atomic E-state index is 12.6. The van der Waals surface area contributed by atoms with E-state index in [0.717, 1.165) is 10.6 Å². The van der Waals surface area contributed by atoms with Gasteiger partial charge in [-0.05, 0) is 42.7 Å². The van der Waals surface area contributed by atoms with E-state index in [0.29, 0.717) is 10.7 Å². The second kappa shape index (κ2) is 6.64. The molecule has 1 saturated heterocycles. The molecular formula is C17H15ClN2O2S. The van der Waals surface area contributed by atoms with Crippen LogP contribution in [0, 0.1) is 0 Å². The fraction of sp³-hybridized carbons (Fsp3) is 0.176. The Balaban J connectivity index is 1.81. The van der Waals surface area contributed by atoms with Crippen molar-refractivity contribution < 1.29 is 9.59 Å². The minimum absolute atomic E-state index is 0.134. The number of rotatable bonds is 4. The van der Waals surface area contributed by atoms with Gasteiger partial charge in [0.05, 0.1) is 12.1 Å². The molecule has 2 aromatic carbocycles. The molecule has 0 aromatic heterocycles. The lowest BCUT2D eigenvalue weighted by atomic mass is 10.2. The van der Waals surface area contributed by atoms with Crippen LogP contribution in [0.3, 0.4) is 0 Å². The van der Waals surface area contributed by atoms with Crippen LogP contribution >= 0.6 is 23.4 Å². The number of nitrogens with zero attached hydrogens (tertiary/aromatic N) is 1. The summed E-state index contributed by atoms with van der Waals surface area (Å²) in [6, 6.07) is 14.0. The van der Waals surface area contributed by atoms with Gasteiger partial charge in [0, 0.05) is 15.6 Å². The first-order valence-corrected chi connectivity index (χ1v) is 8.72. The number of carbonyl (C=O) groups excluding carboxylic acids is 2. The van der Waals surface area contributed by atoms with Crippen molar-refractivity contribution >= 4 is 46.6 Å². The van der Waals surface area contributed by atoms with Crippen LogP contribution in [-0.2, 0) is 9.59 Å². The molecule has 1 heterocycles. The summed E-state index contributed by atoms with van der Waals surface area (Å²) in [7, 11) is 0. The van der Waals surface area contributed by atoms with E-state index < -0.39 is 6.04 Å². The molecule has 6 heteroatoms. The minimum Gasteiger partial charge on any atom is -0.373 e. The van der Waals surface area contributed by atoms with Crippen LogP contribution < -0.4 is 10.2 Å². The van der Waals surface area contributed by atoms with Crippen molar-refractivity contribution in [2.45, 2.75) is 17.4 Å². The molecule has 23 heavy (non-hydrogen) atoms. The van der Waals surface area contributed by atoms with Gasteiger partial charge in [0.2, 0.25) is 5.91 Å². The highest BCUT2D eigenvalue weighted by atomic mass is 35.5. The van der Waals surface area contributed by atoms with E-state index in [2.05, 4.69) is 5.32 Å². The third-order valence-corrected chi connectivity index (χ3v) is 4.58. The molecule has 0 unspecified atom stereocenters. The number of thioether (sulfide) groups is 1. The first-order valence-electron chi connectivity index (χ1n) is 7.11. The molecule has 1 atom stereocenters. The summed E-state index contributed by atoms with van der Waals surface area (Å²) in [6.45, 7) is 0. The smallest absolute Gasteiger partial charge is 0.256 e. The fourth-order valence-corrected chi connectivity index (χ4v) is 3.19. The van der Waals surface area contributed by atoms with Gasteiger partial charge >= 0.3 is 0 Å². The maximum atomic E-state index is 12.6. The van der Waals surface area contributed by atoms with E-state index in [9.17, 15) is 9.59 Å². The summed E-state index contributed by atoms with van der Waals surface area (Å²) in [5, 5.41) is 3.64. The van der Waals surface area contributed by atoms with Gasteiger partial charge in [-0.3, -0.25) is 9.59 Å². The number of hydrogen-bond acceptors (Lipinski definition) is 4. The molecule has 0 saturated carbocycles. The second-order valence-electron chi connectivity index (χ2n) is 5.18. The SMILES string of the molecule is CSc1cccc(N[C@H]2CC(=O)N(c3cccc(Cl)c3)C2=O)c1. The van der Waals surface area contributed by atoms with Crippen LogP contribution in [-0.4, -0.2) is 24.1 Å². The van der Waals surface area contributed by atoms with E-state index in [4.69, 9.17) is 11.6 Å². The lowest BCUT2D eigenvalue weighted by Gasteiger charge is -2.16. The summed E-state index contributed by atoms with van der Waals surface area (Å²) in [5.74, 6) is -0.484. The van der Waals surface area contributed by atoms with Gasteiger partial charge < -0.3 is 5.32 Å². The Morgan fingerprint density at radius 2 is 1.96 bits per heavy atom.